The van der Waals surface area contributed by atoms with Crippen molar-refractivity contribution >= 4 is 35.1 Å². The van der Waals surface area contributed by atoms with Gasteiger partial charge >= 0.3 is 6.09 Å². The monoisotopic (exact) mass is 552 g/mol. The Morgan fingerprint density at radius 1 is 1.21 bits per heavy atom. The number of amides is 3. The number of ether oxygens (including phenoxy) is 3. The van der Waals surface area contributed by atoms with E-state index in [1.54, 1.807) is 29.2 Å². The van der Waals surface area contributed by atoms with Gasteiger partial charge in [0.25, 0.3) is 11.1 Å². The van der Waals surface area contributed by atoms with E-state index in [4.69, 9.17) is 14.2 Å². The number of carbonyl (C=O) groups excluding carboxylic acids is 3. The fraction of sp³-hybridized carbons (Fsp3) is 0.393. The third-order valence-corrected chi connectivity index (χ3v) is 7.16. The molecule has 0 unspecified atom stereocenters. The van der Waals surface area contributed by atoms with E-state index >= 15 is 0 Å². The van der Waals surface area contributed by atoms with Crippen LogP contribution in [0.5, 0.6) is 17.5 Å². The molecule has 2 fully saturated rings. The number of hydrogen-bond donors (Lipinski definition) is 0. The molecule has 0 N–H and O–H groups in total. The minimum Gasteiger partial charge on any atom is -0.474 e. The maximum absolute atomic E-state index is 12.5. The summed E-state index contributed by atoms with van der Waals surface area (Å²) in [6, 6.07) is 7.16. The first-order valence-electron chi connectivity index (χ1n) is 12.9. The molecule has 11 heteroatoms. The molecule has 10 nitrogen and oxygen atoms in total. The van der Waals surface area contributed by atoms with Crippen molar-refractivity contribution in [2.45, 2.75) is 45.6 Å². The number of imide groups is 1. The molecule has 1 aromatic carbocycles. The number of likely N-dealkylation sites (tertiary alicyclic amines) is 1. The van der Waals surface area contributed by atoms with Crippen molar-refractivity contribution in [1.29, 1.82) is 0 Å². The molecule has 39 heavy (non-hydrogen) atoms. The number of aromatic nitrogens is 2. The Morgan fingerprint density at radius 2 is 1.97 bits per heavy atom. The van der Waals surface area contributed by atoms with Crippen LogP contribution in [0.3, 0.4) is 0 Å². The van der Waals surface area contributed by atoms with Crippen LogP contribution >= 0.6 is 11.8 Å². The molecule has 206 valence electrons. The summed E-state index contributed by atoms with van der Waals surface area (Å²) >= 11 is 0.897. The van der Waals surface area contributed by atoms with Crippen LogP contribution in [0.4, 0.5) is 9.59 Å². The molecular weight excluding hydrogens is 520 g/mol. The summed E-state index contributed by atoms with van der Waals surface area (Å²) in [7, 11) is 0. The van der Waals surface area contributed by atoms with Gasteiger partial charge in [-0.3, -0.25) is 14.5 Å². The molecule has 3 amide bonds. The van der Waals surface area contributed by atoms with E-state index in [0.717, 1.165) is 29.5 Å². The summed E-state index contributed by atoms with van der Waals surface area (Å²) in [4.78, 5) is 48.6. The van der Waals surface area contributed by atoms with Crippen LogP contribution in [0.25, 0.3) is 6.08 Å². The highest BCUT2D eigenvalue weighted by Crippen LogP contribution is 2.34. The second kappa shape index (κ2) is 13.3. The molecule has 0 bridgehead atoms. The van der Waals surface area contributed by atoms with Gasteiger partial charge in [0, 0.05) is 32.5 Å². The van der Waals surface area contributed by atoms with Crippen molar-refractivity contribution in [3.63, 3.8) is 0 Å². The van der Waals surface area contributed by atoms with Crippen LogP contribution in [-0.4, -0.2) is 69.4 Å². The molecule has 1 aromatic heterocycles. The number of benzene rings is 1. The first-order valence-corrected chi connectivity index (χ1v) is 13.7. The van der Waals surface area contributed by atoms with Gasteiger partial charge in [-0.1, -0.05) is 31.6 Å². The van der Waals surface area contributed by atoms with Crippen molar-refractivity contribution < 1.29 is 28.6 Å². The van der Waals surface area contributed by atoms with Gasteiger partial charge in [-0.25, -0.2) is 14.8 Å². The van der Waals surface area contributed by atoms with E-state index in [2.05, 4.69) is 23.5 Å². The minimum atomic E-state index is -0.344. The van der Waals surface area contributed by atoms with Crippen LogP contribution in [-0.2, 0) is 9.53 Å². The van der Waals surface area contributed by atoms with Gasteiger partial charge < -0.3 is 19.1 Å². The largest absolute Gasteiger partial charge is 0.474 e. The summed E-state index contributed by atoms with van der Waals surface area (Å²) in [6.07, 6.45) is 7.38. The van der Waals surface area contributed by atoms with E-state index in [0.29, 0.717) is 66.1 Å². The highest BCUT2D eigenvalue weighted by atomic mass is 32.2. The third-order valence-electron chi connectivity index (χ3n) is 6.25. The Balaban J connectivity index is 1.37. The predicted molar refractivity (Wildman–Crippen MR) is 148 cm³/mol. The lowest BCUT2D eigenvalue weighted by molar-refractivity contribution is -0.122. The zero-order chi connectivity index (χ0) is 27.8. The molecule has 2 aliphatic rings. The van der Waals surface area contributed by atoms with Crippen LogP contribution in [0.15, 0.2) is 48.2 Å². The number of unbranched alkanes of at least 4 members (excludes halogenated alkanes) is 1. The number of carbonyl (C=O) groups is 3. The summed E-state index contributed by atoms with van der Waals surface area (Å²) in [5, 5.41) is -0.319. The van der Waals surface area contributed by atoms with Gasteiger partial charge in [0.2, 0.25) is 11.8 Å². The quantitative estimate of drug-likeness (QED) is 0.212. The summed E-state index contributed by atoms with van der Waals surface area (Å²) in [5.74, 6) is 0.942. The highest BCUT2D eigenvalue weighted by Gasteiger charge is 2.34. The summed E-state index contributed by atoms with van der Waals surface area (Å²) in [5.41, 5.74) is 1.36. The molecule has 0 spiro atoms. The van der Waals surface area contributed by atoms with E-state index in [-0.39, 0.29) is 29.9 Å². The Hall–Kier alpha value is -3.86. The van der Waals surface area contributed by atoms with Crippen LogP contribution in [0.1, 0.15) is 43.7 Å². The molecule has 2 saturated heterocycles. The fourth-order valence-electron chi connectivity index (χ4n) is 4.07. The van der Waals surface area contributed by atoms with E-state index < -0.39 is 0 Å². The van der Waals surface area contributed by atoms with Gasteiger partial charge in [-0.05, 0) is 48.9 Å². The van der Waals surface area contributed by atoms with Crippen LogP contribution in [0.2, 0.25) is 0 Å². The van der Waals surface area contributed by atoms with Gasteiger partial charge in [0.1, 0.15) is 18.2 Å². The average molecular weight is 553 g/mol. The molecule has 0 radical (unpaired) electrons. The van der Waals surface area contributed by atoms with Crippen LogP contribution in [0, 0.1) is 6.92 Å². The first-order chi connectivity index (χ1) is 18.9. The molecule has 4 rings (SSSR count). The molecule has 2 aliphatic heterocycles. The van der Waals surface area contributed by atoms with Gasteiger partial charge in [-0.2, -0.15) is 0 Å². The second-order valence-corrected chi connectivity index (χ2v) is 10.1. The van der Waals surface area contributed by atoms with Gasteiger partial charge in [-0.15, -0.1) is 6.58 Å². The molecule has 0 saturated carbocycles. The third kappa shape index (κ3) is 7.17. The molecule has 0 atom stereocenters. The lowest BCUT2D eigenvalue weighted by Gasteiger charge is -2.31. The number of nitrogens with zero attached hydrogens (tertiary/aromatic N) is 4. The van der Waals surface area contributed by atoms with E-state index in [9.17, 15) is 14.4 Å². The number of rotatable bonds is 10. The Kier molecular flexibility index (Phi) is 9.59. The van der Waals surface area contributed by atoms with Crippen molar-refractivity contribution in [3.05, 3.63) is 59.3 Å². The van der Waals surface area contributed by atoms with E-state index in [1.807, 2.05) is 13.0 Å². The molecule has 0 aliphatic carbocycles. The number of hydrogen-bond acceptors (Lipinski definition) is 9. The Labute approximate surface area is 232 Å². The van der Waals surface area contributed by atoms with Crippen molar-refractivity contribution in [3.8, 4) is 17.5 Å². The lowest BCUT2D eigenvalue weighted by Crippen LogP contribution is -2.42. The first kappa shape index (κ1) is 28.2. The van der Waals surface area contributed by atoms with Crippen molar-refractivity contribution in [2.75, 3.05) is 26.2 Å². The van der Waals surface area contributed by atoms with Gasteiger partial charge in [0.15, 0.2) is 0 Å². The van der Waals surface area contributed by atoms with Gasteiger partial charge in [0.05, 0.1) is 17.1 Å². The zero-order valence-electron chi connectivity index (χ0n) is 22.1. The summed E-state index contributed by atoms with van der Waals surface area (Å²) in [6.45, 7) is 9.20. The van der Waals surface area contributed by atoms with Crippen LogP contribution < -0.4 is 9.47 Å². The zero-order valence-corrected chi connectivity index (χ0v) is 22.9. The van der Waals surface area contributed by atoms with Crippen molar-refractivity contribution in [2.24, 2.45) is 0 Å². The summed E-state index contributed by atoms with van der Waals surface area (Å²) < 4.78 is 17.5. The highest BCUT2D eigenvalue weighted by molar-refractivity contribution is 8.18. The maximum atomic E-state index is 12.5. The normalized spacial score (nSPS) is 17.0. The number of thioether (sulfide) groups is 1. The standard InChI is InChI=1S/C28H32N4O6S/c1-4-6-15-36-27(34)31-13-10-21(11-14-31)37-24-19(3)25(30-18-29-24)38-22-9-7-8-20(16-22)17-23-26(33)32(12-5-2)28(35)39-23/h5,7-9,16-18,21H,2,4,6,10-15H2,1,3H3. The Morgan fingerprint density at radius 3 is 2.72 bits per heavy atom. The maximum Gasteiger partial charge on any atom is 0.409 e. The average Bonchev–Trinajstić information content (AvgIpc) is 3.19. The smallest absolute Gasteiger partial charge is 0.409 e. The lowest BCUT2D eigenvalue weighted by atomic mass is 10.1. The molecule has 3 heterocycles. The minimum absolute atomic E-state index is 0.0918. The van der Waals surface area contributed by atoms with Crippen molar-refractivity contribution in [1.82, 2.24) is 19.8 Å². The molecular formula is C28H32N4O6S. The fourth-order valence-corrected chi connectivity index (χ4v) is 4.92. The van der Waals surface area contributed by atoms with E-state index in [1.165, 1.54) is 12.4 Å². The SMILES string of the molecule is C=CCN1C(=O)SC(=Cc2cccc(Oc3ncnc(OC4CCN(C(=O)OCCCC)CC4)c3C)c2)C1=O. The Bertz CT molecular complexity index is 1260. The second-order valence-electron chi connectivity index (χ2n) is 9.14. The predicted octanol–water partition coefficient (Wildman–Crippen LogP) is 5.58. The topological polar surface area (TPSA) is 111 Å². The molecule has 2 aromatic rings. The number of piperidine rings is 1.